The van der Waals surface area contributed by atoms with Crippen LogP contribution in [0.2, 0.25) is 0 Å². The van der Waals surface area contributed by atoms with Crippen LogP contribution in [0.15, 0.2) is 52.0 Å². The van der Waals surface area contributed by atoms with Gasteiger partial charge in [-0.25, -0.2) is 0 Å². The van der Waals surface area contributed by atoms with Crippen molar-refractivity contribution in [3.8, 4) is 0 Å². The monoisotopic (exact) mass is 335 g/mol. The Kier molecular flexibility index (Phi) is 4.67. The molecule has 25 heavy (non-hydrogen) atoms. The summed E-state index contributed by atoms with van der Waals surface area (Å²) in [5.74, 6) is -0.726. The number of aliphatic carboxylic acids is 1. The fraction of sp³-hybridized carbons (Fsp3) is 0.318. The Morgan fingerprint density at radius 3 is 2.76 bits per heavy atom. The highest BCUT2D eigenvalue weighted by Gasteiger charge is 2.26. The second-order valence-corrected chi connectivity index (χ2v) is 7.32. The van der Waals surface area contributed by atoms with Crippen LogP contribution in [0, 0.1) is 5.41 Å². The third-order valence-corrected chi connectivity index (χ3v) is 4.97. The van der Waals surface area contributed by atoms with E-state index in [1.54, 1.807) is 0 Å². The summed E-state index contributed by atoms with van der Waals surface area (Å²) in [5.41, 5.74) is 4.89. The zero-order valence-corrected chi connectivity index (χ0v) is 15.0. The van der Waals surface area contributed by atoms with E-state index in [9.17, 15) is 9.90 Å². The van der Waals surface area contributed by atoms with Crippen molar-refractivity contribution in [1.82, 2.24) is 0 Å². The lowest BCUT2D eigenvalue weighted by atomic mass is 9.72. The second kappa shape index (κ2) is 6.75. The van der Waals surface area contributed by atoms with Gasteiger partial charge in [0.1, 0.15) is 11.3 Å². The lowest BCUT2D eigenvalue weighted by Gasteiger charge is -2.32. The zero-order chi connectivity index (χ0) is 18.0. The van der Waals surface area contributed by atoms with Gasteiger partial charge in [-0.15, -0.1) is 0 Å². The van der Waals surface area contributed by atoms with Gasteiger partial charge in [-0.05, 0) is 67.0 Å². The number of carboxylic acid groups (broad SMARTS) is 1. The number of allylic oxidation sites excluding steroid dienone is 3. The molecule has 0 unspecified atom stereocenters. The molecule has 0 atom stereocenters. The number of fused-ring (bicyclic) bond motifs is 1. The second-order valence-electron chi connectivity index (χ2n) is 7.32. The molecule has 1 aliphatic rings. The Bertz CT molecular complexity index is 891. The highest BCUT2D eigenvalue weighted by atomic mass is 16.4. The number of carbonyl (C=O) groups excluding carboxylic acids is 1. The molecule has 0 spiro atoms. The fourth-order valence-corrected chi connectivity index (χ4v) is 3.66. The third kappa shape index (κ3) is 3.76. The van der Waals surface area contributed by atoms with Crippen LogP contribution < -0.4 is 5.11 Å². The van der Waals surface area contributed by atoms with Gasteiger partial charge in [0, 0.05) is 5.39 Å². The topological polar surface area (TPSA) is 53.3 Å². The number of hydrogen-bond acceptors (Lipinski definition) is 3. The highest BCUT2D eigenvalue weighted by Crippen LogP contribution is 2.41. The maximum absolute atomic E-state index is 10.6. The van der Waals surface area contributed by atoms with Crippen LogP contribution in [0.1, 0.15) is 51.4 Å². The molecular formula is C22H23O3-. The van der Waals surface area contributed by atoms with E-state index in [2.05, 4.69) is 32.9 Å². The number of carboxylic acids is 1. The van der Waals surface area contributed by atoms with Gasteiger partial charge >= 0.3 is 0 Å². The maximum atomic E-state index is 10.6. The molecule has 130 valence electrons. The molecule has 0 saturated carbocycles. The summed E-state index contributed by atoms with van der Waals surface area (Å²) in [7, 11) is 0. The molecule has 0 fully saturated rings. The normalized spacial score (nSPS) is 17.9. The molecule has 3 heteroatoms. The van der Waals surface area contributed by atoms with Gasteiger partial charge in [0.15, 0.2) is 0 Å². The molecule has 1 aromatic carbocycles. The van der Waals surface area contributed by atoms with Gasteiger partial charge in [-0.1, -0.05) is 43.7 Å². The van der Waals surface area contributed by atoms with E-state index in [0.29, 0.717) is 5.76 Å². The molecule has 0 aliphatic heterocycles. The molecule has 2 aromatic rings. The van der Waals surface area contributed by atoms with Gasteiger partial charge < -0.3 is 14.3 Å². The van der Waals surface area contributed by atoms with Gasteiger partial charge in [-0.3, -0.25) is 0 Å². The first-order chi connectivity index (χ1) is 11.9. The first kappa shape index (κ1) is 17.3. The third-order valence-electron chi connectivity index (χ3n) is 4.97. The Hall–Kier alpha value is -2.55. The Morgan fingerprint density at radius 1 is 1.24 bits per heavy atom. The van der Waals surface area contributed by atoms with Crippen molar-refractivity contribution in [2.45, 2.75) is 40.0 Å². The first-order valence-electron chi connectivity index (χ1n) is 8.67. The number of furan rings is 1. The van der Waals surface area contributed by atoms with Crippen LogP contribution in [0.4, 0.5) is 0 Å². The maximum Gasteiger partial charge on any atom is 0.135 e. The standard InChI is InChI=1S/C22H24O3/c1-15-6-5-13-22(2,3)19(15)11-9-16-7-4-8-20-18(16)14-17(25-20)10-12-21(23)24/h4,7-12,14H,5-6,13H2,1-3H3,(H,23,24)/p-1/b11-9+,12-10+. The number of hydrogen-bond donors (Lipinski definition) is 0. The minimum Gasteiger partial charge on any atom is -0.545 e. The van der Waals surface area contributed by atoms with Crippen molar-refractivity contribution < 1.29 is 14.3 Å². The summed E-state index contributed by atoms with van der Waals surface area (Å²) in [6.45, 7) is 6.83. The predicted octanol–water partition coefficient (Wildman–Crippen LogP) is 4.74. The van der Waals surface area contributed by atoms with Gasteiger partial charge in [0.05, 0.1) is 5.97 Å². The molecule has 0 saturated heterocycles. The van der Waals surface area contributed by atoms with Crippen LogP contribution in [-0.2, 0) is 4.79 Å². The SMILES string of the molecule is CC1=C(/C=C/c2cccc3oc(/C=C/C(=O)[O-])cc23)C(C)(C)CCC1. The Morgan fingerprint density at radius 2 is 2.04 bits per heavy atom. The molecule has 0 bridgehead atoms. The van der Waals surface area contributed by atoms with E-state index >= 15 is 0 Å². The van der Waals surface area contributed by atoms with Crippen molar-refractivity contribution in [1.29, 1.82) is 0 Å². The summed E-state index contributed by atoms with van der Waals surface area (Å²) in [4.78, 5) is 10.6. The molecule has 1 heterocycles. The summed E-state index contributed by atoms with van der Waals surface area (Å²) < 4.78 is 5.69. The van der Waals surface area contributed by atoms with Gasteiger partial charge in [0.2, 0.25) is 0 Å². The van der Waals surface area contributed by atoms with Crippen LogP contribution in [0.25, 0.3) is 23.1 Å². The van der Waals surface area contributed by atoms with Crippen LogP contribution in [0.5, 0.6) is 0 Å². The van der Waals surface area contributed by atoms with Crippen molar-refractivity contribution in [3.05, 3.63) is 58.9 Å². The molecular weight excluding hydrogens is 312 g/mol. The van der Waals surface area contributed by atoms with Crippen molar-refractivity contribution >= 4 is 29.1 Å². The summed E-state index contributed by atoms with van der Waals surface area (Å²) in [6.07, 6.45) is 10.4. The minimum atomic E-state index is -1.23. The molecule has 0 radical (unpaired) electrons. The Labute approximate surface area is 148 Å². The lowest BCUT2D eigenvalue weighted by molar-refractivity contribution is -0.297. The molecule has 1 aliphatic carbocycles. The summed E-state index contributed by atoms with van der Waals surface area (Å²) in [6, 6.07) is 7.75. The van der Waals surface area contributed by atoms with Crippen LogP contribution >= 0.6 is 0 Å². The first-order valence-corrected chi connectivity index (χ1v) is 8.67. The fourth-order valence-electron chi connectivity index (χ4n) is 3.66. The van der Waals surface area contributed by atoms with Crippen LogP contribution in [-0.4, -0.2) is 5.97 Å². The zero-order valence-electron chi connectivity index (χ0n) is 15.0. The number of rotatable bonds is 4. The van der Waals surface area contributed by atoms with E-state index < -0.39 is 5.97 Å². The van der Waals surface area contributed by atoms with E-state index in [4.69, 9.17) is 4.42 Å². The van der Waals surface area contributed by atoms with Crippen molar-refractivity contribution in [2.24, 2.45) is 5.41 Å². The van der Waals surface area contributed by atoms with Gasteiger partial charge in [0.25, 0.3) is 0 Å². The average Bonchev–Trinajstić information content (AvgIpc) is 2.95. The number of carbonyl (C=O) groups is 1. The highest BCUT2D eigenvalue weighted by molar-refractivity contribution is 5.90. The quantitative estimate of drug-likeness (QED) is 0.759. The summed E-state index contributed by atoms with van der Waals surface area (Å²) in [5, 5.41) is 11.5. The smallest absolute Gasteiger partial charge is 0.135 e. The van der Waals surface area contributed by atoms with Crippen molar-refractivity contribution in [2.75, 3.05) is 0 Å². The van der Waals surface area contributed by atoms with Crippen LogP contribution in [0.3, 0.4) is 0 Å². The van der Waals surface area contributed by atoms with E-state index in [1.165, 1.54) is 30.1 Å². The molecule has 1 aromatic heterocycles. The number of benzene rings is 1. The van der Waals surface area contributed by atoms with E-state index in [-0.39, 0.29) is 5.41 Å². The van der Waals surface area contributed by atoms with E-state index in [1.807, 2.05) is 24.3 Å². The Balaban J connectivity index is 1.97. The van der Waals surface area contributed by atoms with Crippen molar-refractivity contribution in [3.63, 3.8) is 0 Å². The molecule has 0 amide bonds. The predicted molar refractivity (Wildman–Crippen MR) is 99.6 cm³/mol. The average molecular weight is 335 g/mol. The molecule has 3 nitrogen and oxygen atoms in total. The summed E-state index contributed by atoms with van der Waals surface area (Å²) >= 11 is 0. The van der Waals surface area contributed by atoms with Gasteiger partial charge in [-0.2, -0.15) is 0 Å². The lowest BCUT2D eigenvalue weighted by Crippen LogP contribution is -2.18. The molecule has 3 rings (SSSR count). The minimum absolute atomic E-state index is 0.200. The largest absolute Gasteiger partial charge is 0.545 e. The van der Waals surface area contributed by atoms with E-state index in [0.717, 1.165) is 29.0 Å². The molecule has 0 N–H and O–H groups in total.